The minimum Gasteiger partial charge on any atom is -0.325 e. The highest BCUT2D eigenvalue weighted by atomic mass is 32.2. The van der Waals surface area contributed by atoms with E-state index >= 15 is 0 Å². The van der Waals surface area contributed by atoms with Crippen molar-refractivity contribution in [2.24, 2.45) is 5.92 Å². The van der Waals surface area contributed by atoms with Crippen molar-refractivity contribution in [1.82, 2.24) is 0 Å². The molecule has 1 N–H and O–H groups in total. The van der Waals surface area contributed by atoms with E-state index in [1.54, 1.807) is 24.3 Å². The van der Waals surface area contributed by atoms with E-state index in [0.717, 1.165) is 6.42 Å². The van der Waals surface area contributed by atoms with Crippen molar-refractivity contribution < 1.29 is 13.6 Å². The van der Waals surface area contributed by atoms with Crippen LogP contribution < -0.4 is 5.32 Å². The van der Waals surface area contributed by atoms with E-state index in [9.17, 15) is 13.6 Å². The van der Waals surface area contributed by atoms with E-state index in [0.29, 0.717) is 34.7 Å². The third kappa shape index (κ3) is 4.78. The lowest BCUT2D eigenvalue weighted by atomic mass is 10.0. The molecule has 0 bridgehead atoms. The van der Waals surface area contributed by atoms with Crippen LogP contribution in [0.5, 0.6) is 0 Å². The maximum absolute atomic E-state index is 12.4. The number of carbonyl (C=O) groups excluding carboxylic acids is 1. The zero-order valence-corrected chi connectivity index (χ0v) is 12.1. The number of hydrogen-bond acceptors (Lipinski definition) is 2. The van der Waals surface area contributed by atoms with Gasteiger partial charge in [-0.05, 0) is 24.5 Å². The summed E-state index contributed by atoms with van der Waals surface area (Å²) in [4.78, 5) is 12.3. The summed E-state index contributed by atoms with van der Waals surface area (Å²) in [6.07, 6.45) is 6.32. The number of para-hydroxylation sites is 1. The zero-order chi connectivity index (χ0) is 14.4. The smallest absolute Gasteiger partial charge is 0.288 e. The fraction of sp³-hybridized carbons (Fsp3) is 0.533. The van der Waals surface area contributed by atoms with Crippen LogP contribution in [0.15, 0.2) is 29.2 Å². The normalized spacial score (nSPS) is 15.8. The summed E-state index contributed by atoms with van der Waals surface area (Å²) < 4.78 is 24.9. The molecule has 0 aliphatic heterocycles. The Bertz CT molecular complexity index is 447. The van der Waals surface area contributed by atoms with Crippen molar-refractivity contribution in [3.05, 3.63) is 24.3 Å². The molecule has 2 nitrogen and oxygen atoms in total. The molecule has 0 saturated heterocycles. The number of rotatable bonds is 6. The minimum atomic E-state index is -2.48. The van der Waals surface area contributed by atoms with Gasteiger partial charge in [-0.2, -0.15) is 8.78 Å². The minimum absolute atomic E-state index is 0.0841. The lowest BCUT2D eigenvalue weighted by molar-refractivity contribution is -0.116. The standard InChI is InChI=1S/C15H19F2NOS/c16-15(17)20-13-8-4-3-7-12(13)18-14(19)10-9-11-5-1-2-6-11/h3-4,7-8,11,15H,1-2,5-6,9-10H2,(H,18,19). The Morgan fingerprint density at radius 3 is 2.70 bits per heavy atom. The Balaban J connectivity index is 1.86. The highest BCUT2D eigenvalue weighted by Crippen LogP contribution is 2.32. The molecule has 0 spiro atoms. The molecule has 0 heterocycles. The van der Waals surface area contributed by atoms with Gasteiger partial charge in [0.2, 0.25) is 5.91 Å². The van der Waals surface area contributed by atoms with E-state index < -0.39 is 5.76 Å². The fourth-order valence-electron chi connectivity index (χ4n) is 2.62. The number of carbonyl (C=O) groups is 1. The monoisotopic (exact) mass is 299 g/mol. The highest BCUT2D eigenvalue weighted by Gasteiger charge is 2.17. The van der Waals surface area contributed by atoms with Gasteiger partial charge in [0.1, 0.15) is 0 Å². The lowest BCUT2D eigenvalue weighted by Gasteiger charge is -2.12. The van der Waals surface area contributed by atoms with Gasteiger partial charge in [0, 0.05) is 11.3 Å². The van der Waals surface area contributed by atoms with Gasteiger partial charge >= 0.3 is 0 Å². The maximum atomic E-state index is 12.4. The first-order valence-electron chi connectivity index (χ1n) is 6.99. The number of benzene rings is 1. The molecule has 1 aliphatic carbocycles. The highest BCUT2D eigenvalue weighted by molar-refractivity contribution is 7.99. The number of nitrogens with one attached hydrogen (secondary N) is 1. The van der Waals surface area contributed by atoms with Gasteiger partial charge in [-0.15, -0.1) is 0 Å². The van der Waals surface area contributed by atoms with Crippen LogP contribution >= 0.6 is 11.8 Å². The van der Waals surface area contributed by atoms with Gasteiger partial charge < -0.3 is 5.32 Å². The Kier molecular flexibility index (Phi) is 5.83. The molecular formula is C15H19F2NOS. The maximum Gasteiger partial charge on any atom is 0.288 e. The number of anilines is 1. The van der Waals surface area contributed by atoms with Gasteiger partial charge in [-0.25, -0.2) is 0 Å². The Hall–Kier alpha value is -1.10. The summed E-state index contributed by atoms with van der Waals surface area (Å²) in [5.74, 6) is -1.91. The fourth-order valence-corrected chi connectivity index (χ4v) is 3.21. The summed E-state index contributed by atoms with van der Waals surface area (Å²) >= 11 is 0.462. The SMILES string of the molecule is O=C(CCC1CCCC1)Nc1ccccc1SC(F)F. The summed E-state index contributed by atoms with van der Waals surface area (Å²) in [7, 11) is 0. The van der Waals surface area contributed by atoms with E-state index in [1.165, 1.54) is 25.7 Å². The van der Waals surface area contributed by atoms with Gasteiger partial charge in [0.25, 0.3) is 5.76 Å². The molecular weight excluding hydrogens is 280 g/mol. The van der Waals surface area contributed by atoms with Crippen LogP contribution in [-0.2, 0) is 4.79 Å². The van der Waals surface area contributed by atoms with Gasteiger partial charge in [0.05, 0.1) is 5.69 Å². The summed E-state index contributed by atoms with van der Waals surface area (Å²) in [6.45, 7) is 0. The molecule has 0 atom stereocenters. The third-order valence-corrected chi connectivity index (χ3v) is 4.42. The van der Waals surface area contributed by atoms with Crippen LogP contribution in [0.1, 0.15) is 38.5 Å². The van der Waals surface area contributed by atoms with Crippen LogP contribution in [0.2, 0.25) is 0 Å². The van der Waals surface area contributed by atoms with Crippen molar-refractivity contribution in [3.63, 3.8) is 0 Å². The van der Waals surface area contributed by atoms with Crippen LogP contribution in [0, 0.1) is 5.92 Å². The van der Waals surface area contributed by atoms with Crippen LogP contribution in [0.3, 0.4) is 0 Å². The molecule has 1 saturated carbocycles. The molecule has 1 fully saturated rings. The molecule has 1 aromatic rings. The summed E-state index contributed by atoms with van der Waals surface area (Å²) in [5, 5.41) is 2.75. The van der Waals surface area contributed by atoms with Crippen molar-refractivity contribution in [2.75, 3.05) is 5.32 Å². The van der Waals surface area contributed by atoms with Crippen LogP contribution in [-0.4, -0.2) is 11.7 Å². The predicted molar refractivity (Wildman–Crippen MR) is 78.1 cm³/mol. The number of halogens is 2. The van der Waals surface area contributed by atoms with E-state index in [4.69, 9.17) is 0 Å². The molecule has 5 heteroatoms. The molecule has 0 aromatic heterocycles. The van der Waals surface area contributed by atoms with Gasteiger partial charge in [-0.3, -0.25) is 4.79 Å². The first-order valence-corrected chi connectivity index (χ1v) is 7.87. The van der Waals surface area contributed by atoms with Gasteiger partial charge in [-0.1, -0.05) is 49.6 Å². The van der Waals surface area contributed by atoms with E-state index in [1.807, 2.05) is 0 Å². The van der Waals surface area contributed by atoms with Crippen molar-refractivity contribution in [1.29, 1.82) is 0 Å². The predicted octanol–water partition coefficient (Wildman–Crippen LogP) is 4.91. The second kappa shape index (κ2) is 7.62. The molecule has 0 unspecified atom stereocenters. The Labute approximate surface area is 122 Å². The second-order valence-electron chi connectivity index (χ2n) is 5.11. The molecule has 1 amide bonds. The zero-order valence-electron chi connectivity index (χ0n) is 11.3. The van der Waals surface area contributed by atoms with Crippen molar-refractivity contribution in [2.45, 2.75) is 49.2 Å². The molecule has 1 aromatic carbocycles. The quantitative estimate of drug-likeness (QED) is 0.756. The van der Waals surface area contributed by atoms with E-state index in [2.05, 4.69) is 5.32 Å². The van der Waals surface area contributed by atoms with Crippen molar-refractivity contribution >= 4 is 23.4 Å². The van der Waals surface area contributed by atoms with Crippen LogP contribution in [0.25, 0.3) is 0 Å². The first-order chi connectivity index (χ1) is 9.65. The van der Waals surface area contributed by atoms with Crippen molar-refractivity contribution in [3.8, 4) is 0 Å². The van der Waals surface area contributed by atoms with Gasteiger partial charge in [0.15, 0.2) is 0 Å². The van der Waals surface area contributed by atoms with E-state index in [-0.39, 0.29) is 5.91 Å². The molecule has 1 aliphatic rings. The lowest BCUT2D eigenvalue weighted by Crippen LogP contribution is -2.13. The number of alkyl halides is 2. The third-order valence-electron chi connectivity index (χ3n) is 3.63. The van der Waals surface area contributed by atoms with Crippen LogP contribution in [0.4, 0.5) is 14.5 Å². The topological polar surface area (TPSA) is 29.1 Å². The average molecular weight is 299 g/mol. The first kappa shape index (κ1) is 15.3. The average Bonchev–Trinajstić information content (AvgIpc) is 2.91. The number of hydrogen-bond donors (Lipinski definition) is 1. The largest absolute Gasteiger partial charge is 0.325 e. The number of amides is 1. The molecule has 0 radical (unpaired) electrons. The molecule has 2 rings (SSSR count). The Morgan fingerprint density at radius 2 is 2.00 bits per heavy atom. The number of thioether (sulfide) groups is 1. The second-order valence-corrected chi connectivity index (χ2v) is 6.14. The molecule has 110 valence electrons. The summed E-state index contributed by atoms with van der Waals surface area (Å²) in [6, 6.07) is 6.70. The molecule has 20 heavy (non-hydrogen) atoms. The Morgan fingerprint density at radius 1 is 1.30 bits per heavy atom. The summed E-state index contributed by atoms with van der Waals surface area (Å²) in [5.41, 5.74) is 0.481.